The highest BCUT2D eigenvalue weighted by Gasteiger charge is 2.20. The lowest BCUT2D eigenvalue weighted by Crippen LogP contribution is -2.35. The van der Waals surface area contributed by atoms with Crippen molar-refractivity contribution in [3.8, 4) is 0 Å². The Morgan fingerprint density at radius 1 is 1.32 bits per heavy atom. The molecule has 0 radical (unpaired) electrons. The van der Waals surface area contributed by atoms with Crippen molar-refractivity contribution >= 4 is 22.7 Å². The summed E-state index contributed by atoms with van der Waals surface area (Å²) >= 11 is 0. The molecule has 3 rings (SSSR count). The quantitative estimate of drug-likeness (QED) is 0.637. The summed E-state index contributed by atoms with van der Waals surface area (Å²) in [4.78, 5) is 11.3. The van der Waals surface area contributed by atoms with E-state index < -0.39 is 0 Å². The molecule has 1 aliphatic rings. The van der Waals surface area contributed by atoms with Crippen molar-refractivity contribution in [2.75, 3.05) is 23.4 Å². The van der Waals surface area contributed by atoms with Crippen molar-refractivity contribution < 1.29 is 0 Å². The Labute approximate surface area is 112 Å². The normalized spacial score (nSPS) is 19.7. The smallest absolute Gasteiger partial charge is 0.239 e. The zero-order valence-corrected chi connectivity index (χ0v) is 11.1. The Balaban J connectivity index is 2.10. The van der Waals surface area contributed by atoms with Gasteiger partial charge in [-0.15, -0.1) is 0 Å². The van der Waals surface area contributed by atoms with Crippen LogP contribution in [0.2, 0.25) is 0 Å². The van der Waals surface area contributed by atoms with Crippen LogP contribution in [-0.4, -0.2) is 23.1 Å². The van der Waals surface area contributed by atoms with Crippen LogP contribution in [-0.2, 0) is 0 Å². The van der Waals surface area contributed by atoms with Crippen molar-refractivity contribution in [3.05, 3.63) is 24.3 Å². The topological polar surface area (TPSA) is 67.1 Å². The molecule has 19 heavy (non-hydrogen) atoms. The van der Waals surface area contributed by atoms with Crippen LogP contribution in [0.5, 0.6) is 0 Å². The maximum absolute atomic E-state index is 5.47. The van der Waals surface area contributed by atoms with Gasteiger partial charge in [0.2, 0.25) is 5.95 Å². The number of hydrazine groups is 1. The van der Waals surface area contributed by atoms with Crippen LogP contribution in [0.3, 0.4) is 0 Å². The highest BCUT2D eigenvalue weighted by molar-refractivity contribution is 5.90. The van der Waals surface area contributed by atoms with E-state index in [2.05, 4.69) is 33.3 Å². The van der Waals surface area contributed by atoms with Crippen molar-refractivity contribution in [1.29, 1.82) is 0 Å². The number of hydrogen-bond acceptors (Lipinski definition) is 5. The van der Waals surface area contributed by atoms with E-state index >= 15 is 0 Å². The first kappa shape index (κ1) is 12.2. The summed E-state index contributed by atoms with van der Waals surface area (Å²) in [6.45, 7) is 4.39. The first-order chi connectivity index (χ1) is 9.28. The maximum atomic E-state index is 5.47. The molecule has 3 N–H and O–H groups in total. The molecule has 0 spiro atoms. The van der Waals surface area contributed by atoms with E-state index in [0.717, 1.165) is 29.8 Å². The number of hydrogen-bond donors (Lipinski definition) is 2. The van der Waals surface area contributed by atoms with Crippen LogP contribution >= 0.6 is 0 Å². The third-order valence-electron chi connectivity index (χ3n) is 3.67. The summed E-state index contributed by atoms with van der Waals surface area (Å²) in [6.07, 6.45) is 2.51. The van der Waals surface area contributed by atoms with Gasteiger partial charge in [0.25, 0.3) is 0 Å². The van der Waals surface area contributed by atoms with E-state index in [1.54, 1.807) is 0 Å². The summed E-state index contributed by atoms with van der Waals surface area (Å²) in [6, 6.07) is 8.08. The van der Waals surface area contributed by atoms with Gasteiger partial charge in [0.05, 0.1) is 5.52 Å². The number of nitrogens with zero attached hydrogens (tertiary/aromatic N) is 3. The van der Waals surface area contributed by atoms with Crippen molar-refractivity contribution in [3.63, 3.8) is 0 Å². The fourth-order valence-corrected chi connectivity index (χ4v) is 2.75. The fraction of sp³-hybridized carbons (Fsp3) is 0.429. The van der Waals surface area contributed by atoms with Gasteiger partial charge in [-0.2, -0.15) is 4.98 Å². The van der Waals surface area contributed by atoms with Crippen LogP contribution in [0.4, 0.5) is 11.8 Å². The molecule has 1 unspecified atom stereocenters. The van der Waals surface area contributed by atoms with Gasteiger partial charge in [0, 0.05) is 18.5 Å². The lowest BCUT2D eigenvalue weighted by molar-refractivity contribution is 0.445. The van der Waals surface area contributed by atoms with Gasteiger partial charge in [0.1, 0.15) is 5.82 Å². The second kappa shape index (κ2) is 5.01. The van der Waals surface area contributed by atoms with Crippen molar-refractivity contribution in [1.82, 2.24) is 9.97 Å². The molecular formula is C14H19N5. The molecule has 0 saturated carbocycles. The van der Waals surface area contributed by atoms with Gasteiger partial charge in [-0.25, -0.2) is 10.8 Å². The monoisotopic (exact) mass is 257 g/mol. The van der Waals surface area contributed by atoms with Gasteiger partial charge < -0.3 is 4.90 Å². The van der Waals surface area contributed by atoms with Crippen LogP contribution in [0, 0.1) is 5.92 Å². The van der Waals surface area contributed by atoms with Crippen molar-refractivity contribution in [2.45, 2.75) is 19.8 Å². The lowest BCUT2D eigenvalue weighted by Gasteiger charge is -2.32. The Bertz CT molecular complexity index is 583. The van der Waals surface area contributed by atoms with E-state index in [9.17, 15) is 0 Å². The predicted molar refractivity (Wildman–Crippen MR) is 78.0 cm³/mol. The van der Waals surface area contributed by atoms with Gasteiger partial charge in [-0.3, -0.25) is 5.43 Å². The number of aromatic nitrogens is 2. The third-order valence-corrected chi connectivity index (χ3v) is 3.67. The van der Waals surface area contributed by atoms with E-state index in [1.807, 2.05) is 18.2 Å². The molecule has 0 aliphatic carbocycles. The summed E-state index contributed by atoms with van der Waals surface area (Å²) in [5, 5.41) is 1.09. The molecule has 0 bridgehead atoms. The second-order valence-electron chi connectivity index (χ2n) is 5.23. The number of benzene rings is 1. The minimum Gasteiger partial charge on any atom is -0.356 e. The minimum absolute atomic E-state index is 0.479. The molecular weight excluding hydrogens is 238 g/mol. The molecule has 1 atom stereocenters. The molecule has 1 fully saturated rings. The van der Waals surface area contributed by atoms with E-state index in [-0.39, 0.29) is 0 Å². The molecule has 5 nitrogen and oxygen atoms in total. The third kappa shape index (κ3) is 2.33. The van der Waals surface area contributed by atoms with Crippen LogP contribution in [0.15, 0.2) is 24.3 Å². The molecule has 1 aromatic heterocycles. The number of anilines is 2. The Morgan fingerprint density at radius 2 is 2.16 bits per heavy atom. The SMILES string of the molecule is CC1CCCN(c2nc(NN)nc3ccccc23)C1. The predicted octanol–water partition coefficient (Wildman–Crippen LogP) is 2.15. The average Bonchev–Trinajstić information content (AvgIpc) is 2.46. The molecule has 1 saturated heterocycles. The molecule has 1 aromatic carbocycles. The summed E-state index contributed by atoms with van der Waals surface area (Å²) in [7, 11) is 0. The lowest BCUT2D eigenvalue weighted by atomic mass is 10.00. The number of para-hydroxylation sites is 1. The molecule has 2 aromatic rings. The van der Waals surface area contributed by atoms with Gasteiger partial charge in [-0.05, 0) is 30.9 Å². The van der Waals surface area contributed by atoms with E-state index in [0.29, 0.717) is 11.9 Å². The number of piperidine rings is 1. The number of nitrogens with one attached hydrogen (secondary N) is 1. The standard InChI is InChI=1S/C14H19N5/c1-10-5-4-8-19(9-10)13-11-6-2-3-7-12(11)16-14(17-13)18-15/h2-3,6-7,10H,4-5,8-9,15H2,1H3,(H,16,17,18). The average molecular weight is 257 g/mol. The largest absolute Gasteiger partial charge is 0.356 e. The summed E-state index contributed by atoms with van der Waals surface area (Å²) in [5.74, 6) is 7.65. The summed E-state index contributed by atoms with van der Waals surface area (Å²) in [5.41, 5.74) is 3.49. The maximum Gasteiger partial charge on any atom is 0.239 e. The van der Waals surface area contributed by atoms with Crippen LogP contribution in [0.1, 0.15) is 19.8 Å². The first-order valence-electron chi connectivity index (χ1n) is 6.76. The number of rotatable bonds is 2. The molecule has 2 heterocycles. The molecule has 1 aliphatic heterocycles. The van der Waals surface area contributed by atoms with Gasteiger partial charge >= 0.3 is 0 Å². The fourth-order valence-electron chi connectivity index (χ4n) is 2.75. The van der Waals surface area contributed by atoms with Crippen LogP contribution < -0.4 is 16.2 Å². The molecule has 5 heteroatoms. The zero-order valence-electron chi connectivity index (χ0n) is 11.1. The Hall–Kier alpha value is -1.88. The Morgan fingerprint density at radius 3 is 2.95 bits per heavy atom. The second-order valence-corrected chi connectivity index (χ2v) is 5.23. The number of fused-ring (bicyclic) bond motifs is 1. The van der Waals surface area contributed by atoms with Gasteiger partial charge in [-0.1, -0.05) is 19.1 Å². The molecule has 100 valence electrons. The number of nitrogen functional groups attached to an aromatic ring is 1. The van der Waals surface area contributed by atoms with Gasteiger partial charge in [0.15, 0.2) is 0 Å². The zero-order chi connectivity index (χ0) is 13.2. The summed E-state index contributed by atoms with van der Waals surface area (Å²) < 4.78 is 0. The highest BCUT2D eigenvalue weighted by atomic mass is 15.3. The van der Waals surface area contributed by atoms with Crippen molar-refractivity contribution in [2.24, 2.45) is 11.8 Å². The van der Waals surface area contributed by atoms with E-state index in [1.165, 1.54) is 12.8 Å². The van der Waals surface area contributed by atoms with E-state index in [4.69, 9.17) is 5.84 Å². The number of nitrogens with two attached hydrogens (primary N) is 1. The highest BCUT2D eigenvalue weighted by Crippen LogP contribution is 2.28. The van der Waals surface area contributed by atoms with Crippen LogP contribution in [0.25, 0.3) is 10.9 Å². The first-order valence-corrected chi connectivity index (χ1v) is 6.76. The Kier molecular flexibility index (Phi) is 3.21. The molecule has 0 amide bonds. The minimum atomic E-state index is 0.479.